The molecule has 3 aromatic rings. The molecule has 0 aliphatic rings. The molecule has 0 aliphatic heterocycles. The molecule has 182 valence electrons. The van der Waals surface area contributed by atoms with Gasteiger partial charge in [0.25, 0.3) is 5.91 Å². The molecule has 0 atom stereocenters. The molecule has 0 radical (unpaired) electrons. The number of carboxylic acids is 1. The third kappa shape index (κ3) is 7.50. The minimum atomic E-state index is -0.977. The molecule has 0 saturated heterocycles. The van der Waals surface area contributed by atoms with E-state index in [1.165, 1.54) is 25.5 Å². The van der Waals surface area contributed by atoms with Crippen LogP contribution in [-0.2, 0) is 11.4 Å². The average molecular weight is 478 g/mol. The van der Waals surface area contributed by atoms with Gasteiger partial charge in [-0.05, 0) is 53.6 Å². The van der Waals surface area contributed by atoms with Crippen molar-refractivity contribution in [2.75, 3.05) is 32.7 Å². The molecule has 2 N–H and O–H groups in total. The molecule has 0 aromatic heterocycles. The number of aromatic carboxylic acids is 1. The van der Waals surface area contributed by atoms with Gasteiger partial charge in [-0.15, -0.1) is 0 Å². The number of anilines is 1. The summed E-state index contributed by atoms with van der Waals surface area (Å²) in [6.45, 7) is 0.0783. The van der Waals surface area contributed by atoms with E-state index in [-0.39, 0.29) is 18.8 Å². The standard InChI is InChI=1S/C26H27N3O6/c1-29(2)21-5-4-6-22(14-21)34-17-25(30)28-27-15-19-9-12-23(24(13-19)33-3)35-16-18-7-10-20(11-8-18)26(31)32/h4-15H,16-17H2,1-3H3,(H,28,30)(H,31,32). The Morgan fingerprint density at radius 3 is 2.46 bits per heavy atom. The molecule has 0 fully saturated rings. The van der Waals surface area contributed by atoms with Crippen molar-refractivity contribution in [1.82, 2.24) is 5.43 Å². The number of hydrogen-bond acceptors (Lipinski definition) is 7. The number of carboxylic acid groups (broad SMARTS) is 1. The number of amides is 1. The summed E-state index contributed by atoms with van der Waals surface area (Å²) in [5.74, 6) is 0.233. The van der Waals surface area contributed by atoms with Gasteiger partial charge >= 0.3 is 5.97 Å². The van der Waals surface area contributed by atoms with Crippen LogP contribution in [0.1, 0.15) is 21.5 Å². The summed E-state index contributed by atoms with van der Waals surface area (Å²) in [6, 6.07) is 19.1. The predicted octanol–water partition coefficient (Wildman–Crippen LogP) is 3.57. The number of nitrogens with one attached hydrogen (secondary N) is 1. The van der Waals surface area contributed by atoms with Gasteiger partial charge in [-0.3, -0.25) is 4.79 Å². The average Bonchev–Trinajstić information content (AvgIpc) is 2.87. The zero-order chi connectivity index (χ0) is 25.2. The molecule has 3 aromatic carbocycles. The van der Waals surface area contributed by atoms with Gasteiger partial charge in [0.05, 0.1) is 18.9 Å². The lowest BCUT2D eigenvalue weighted by atomic mass is 10.1. The SMILES string of the molecule is COc1cc(C=NNC(=O)COc2cccc(N(C)C)c2)ccc1OCc1ccc(C(=O)O)cc1. The molecule has 0 aliphatic carbocycles. The highest BCUT2D eigenvalue weighted by atomic mass is 16.5. The Balaban J connectivity index is 1.51. The van der Waals surface area contributed by atoms with Crippen LogP contribution in [0.3, 0.4) is 0 Å². The first kappa shape index (κ1) is 25.1. The van der Waals surface area contributed by atoms with E-state index in [2.05, 4.69) is 10.5 Å². The van der Waals surface area contributed by atoms with Crippen molar-refractivity contribution in [2.24, 2.45) is 5.10 Å². The Bertz CT molecular complexity index is 1190. The monoisotopic (exact) mass is 477 g/mol. The number of rotatable bonds is 11. The smallest absolute Gasteiger partial charge is 0.335 e. The molecule has 9 heteroatoms. The van der Waals surface area contributed by atoms with Crippen molar-refractivity contribution in [3.05, 3.63) is 83.4 Å². The Morgan fingerprint density at radius 1 is 1.00 bits per heavy atom. The normalized spacial score (nSPS) is 10.6. The Labute approximate surface area is 203 Å². The van der Waals surface area contributed by atoms with Crippen molar-refractivity contribution in [1.29, 1.82) is 0 Å². The van der Waals surface area contributed by atoms with Crippen LogP contribution in [0.2, 0.25) is 0 Å². The lowest BCUT2D eigenvalue weighted by Gasteiger charge is -2.13. The van der Waals surface area contributed by atoms with Crippen LogP contribution in [-0.4, -0.2) is 51.0 Å². The molecule has 35 heavy (non-hydrogen) atoms. The van der Waals surface area contributed by atoms with Gasteiger partial charge in [0.1, 0.15) is 12.4 Å². The Morgan fingerprint density at radius 2 is 1.77 bits per heavy atom. The number of methoxy groups -OCH3 is 1. The number of nitrogens with zero attached hydrogens (tertiary/aromatic N) is 2. The van der Waals surface area contributed by atoms with Gasteiger partial charge in [0, 0.05) is 25.8 Å². The Hall–Kier alpha value is -4.53. The van der Waals surface area contributed by atoms with Gasteiger partial charge in [-0.2, -0.15) is 5.10 Å². The number of carbonyl (C=O) groups is 2. The number of hydrogen-bond donors (Lipinski definition) is 2. The van der Waals surface area contributed by atoms with E-state index < -0.39 is 11.9 Å². The second kappa shape index (κ2) is 12.1. The molecule has 0 spiro atoms. The van der Waals surface area contributed by atoms with Crippen LogP contribution in [0, 0.1) is 0 Å². The van der Waals surface area contributed by atoms with Crippen molar-refractivity contribution in [2.45, 2.75) is 6.61 Å². The zero-order valence-corrected chi connectivity index (χ0v) is 19.7. The molecular weight excluding hydrogens is 450 g/mol. The molecule has 9 nitrogen and oxygen atoms in total. The van der Waals surface area contributed by atoms with E-state index in [4.69, 9.17) is 19.3 Å². The Kier molecular flexibility index (Phi) is 8.66. The number of hydrazone groups is 1. The summed E-state index contributed by atoms with van der Waals surface area (Å²) >= 11 is 0. The summed E-state index contributed by atoms with van der Waals surface area (Å²) in [4.78, 5) is 24.9. The van der Waals surface area contributed by atoms with E-state index in [0.29, 0.717) is 22.8 Å². The largest absolute Gasteiger partial charge is 0.493 e. The third-order valence-electron chi connectivity index (χ3n) is 4.89. The molecule has 0 bridgehead atoms. The molecule has 1 amide bonds. The minimum absolute atomic E-state index is 0.169. The minimum Gasteiger partial charge on any atom is -0.493 e. The molecular formula is C26H27N3O6. The van der Waals surface area contributed by atoms with E-state index in [0.717, 1.165) is 11.3 Å². The van der Waals surface area contributed by atoms with Gasteiger partial charge in [0.2, 0.25) is 0 Å². The van der Waals surface area contributed by atoms with E-state index in [9.17, 15) is 9.59 Å². The van der Waals surface area contributed by atoms with Gasteiger partial charge in [-0.25, -0.2) is 10.2 Å². The number of carbonyl (C=O) groups excluding carboxylic acids is 1. The summed E-state index contributed by atoms with van der Waals surface area (Å²) in [5, 5.41) is 12.9. The molecule has 0 heterocycles. The summed E-state index contributed by atoms with van der Waals surface area (Å²) in [6.07, 6.45) is 1.49. The van der Waals surface area contributed by atoms with Crippen molar-refractivity contribution >= 4 is 23.8 Å². The maximum atomic E-state index is 12.0. The highest BCUT2D eigenvalue weighted by Crippen LogP contribution is 2.28. The first-order chi connectivity index (χ1) is 16.9. The fourth-order valence-corrected chi connectivity index (χ4v) is 3.00. The van der Waals surface area contributed by atoms with E-state index in [1.54, 1.807) is 36.4 Å². The summed E-state index contributed by atoms with van der Waals surface area (Å²) < 4.78 is 16.7. The predicted molar refractivity (Wildman–Crippen MR) is 133 cm³/mol. The quantitative estimate of drug-likeness (QED) is 0.321. The van der Waals surface area contributed by atoms with Crippen LogP contribution in [0.15, 0.2) is 71.8 Å². The highest BCUT2D eigenvalue weighted by Gasteiger charge is 2.08. The van der Waals surface area contributed by atoms with Crippen molar-refractivity contribution in [3.8, 4) is 17.2 Å². The van der Waals surface area contributed by atoms with Crippen LogP contribution in [0.25, 0.3) is 0 Å². The van der Waals surface area contributed by atoms with Crippen LogP contribution < -0.4 is 24.5 Å². The fraction of sp³-hybridized carbons (Fsp3) is 0.192. The van der Waals surface area contributed by atoms with Crippen LogP contribution in [0.4, 0.5) is 5.69 Å². The third-order valence-corrected chi connectivity index (χ3v) is 4.89. The van der Waals surface area contributed by atoms with Gasteiger partial charge in [0.15, 0.2) is 18.1 Å². The zero-order valence-electron chi connectivity index (χ0n) is 19.7. The number of ether oxygens (including phenoxy) is 3. The molecule has 0 saturated carbocycles. The molecule has 3 rings (SSSR count). The van der Waals surface area contributed by atoms with Gasteiger partial charge in [-0.1, -0.05) is 18.2 Å². The topological polar surface area (TPSA) is 110 Å². The maximum Gasteiger partial charge on any atom is 0.335 e. The lowest BCUT2D eigenvalue weighted by Crippen LogP contribution is -2.24. The second-order valence-electron chi connectivity index (χ2n) is 7.67. The van der Waals surface area contributed by atoms with Crippen molar-refractivity contribution < 1.29 is 28.9 Å². The summed E-state index contributed by atoms with van der Waals surface area (Å²) in [7, 11) is 5.38. The summed E-state index contributed by atoms with van der Waals surface area (Å²) in [5.41, 5.74) is 5.13. The highest BCUT2D eigenvalue weighted by molar-refractivity contribution is 5.87. The first-order valence-corrected chi connectivity index (χ1v) is 10.7. The fourth-order valence-electron chi connectivity index (χ4n) is 3.00. The first-order valence-electron chi connectivity index (χ1n) is 10.7. The van der Waals surface area contributed by atoms with Crippen LogP contribution >= 0.6 is 0 Å². The molecule has 0 unspecified atom stereocenters. The van der Waals surface area contributed by atoms with Crippen LogP contribution in [0.5, 0.6) is 17.2 Å². The lowest BCUT2D eigenvalue weighted by molar-refractivity contribution is -0.123. The van der Waals surface area contributed by atoms with Gasteiger partial charge < -0.3 is 24.2 Å². The van der Waals surface area contributed by atoms with E-state index in [1.807, 2.05) is 37.2 Å². The number of benzene rings is 3. The second-order valence-corrected chi connectivity index (χ2v) is 7.67. The van der Waals surface area contributed by atoms with E-state index >= 15 is 0 Å². The van der Waals surface area contributed by atoms with Crippen molar-refractivity contribution in [3.63, 3.8) is 0 Å². The maximum absolute atomic E-state index is 12.0.